The molecule has 3 N–H and O–H groups in total. The van der Waals surface area contributed by atoms with E-state index in [4.69, 9.17) is 0 Å². The Morgan fingerprint density at radius 2 is 1.95 bits per heavy atom. The molecule has 0 saturated heterocycles. The van der Waals surface area contributed by atoms with Gasteiger partial charge in [0.05, 0.1) is 0 Å². The van der Waals surface area contributed by atoms with Gasteiger partial charge in [0.1, 0.15) is 0 Å². The molecule has 0 spiro atoms. The Kier molecular flexibility index (Phi) is 5.34. The molecule has 0 aliphatic carbocycles. The maximum atomic E-state index is 11.8. The summed E-state index contributed by atoms with van der Waals surface area (Å²) in [6, 6.07) is 9.07. The molecule has 1 aromatic carbocycles. The fourth-order valence-corrected chi connectivity index (χ4v) is 2.57. The van der Waals surface area contributed by atoms with Crippen LogP contribution >= 0.6 is 11.3 Å². The van der Waals surface area contributed by atoms with E-state index >= 15 is 0 Å². The number of thiophene rings is 1. The molecule has 0 aliphatic heterocycles. The third-order valence-electron chi connectivity index (χ3n) is 2.93. The number of aliphatic carboxylic acids is 1. The highest BCUT2D eigenvalue weighted by Crippen LogP contribution is 2.12. The standard InChI is InChI=1S/C15H16N2O3S/c18-14(19)13(12-4-2-1-3-5-12)17-15(20)16-8-6-11-7-9-21-10-11/h1-5,7,9-10,13H,6,8H2,(H,18,19)(H2,16,17,20)/t13-/m0/s1. The number of rotatable bonds is 6. The summed E-state index contributed by atoms with van der Waals surface area (Å²) in [6.07, 6.45) is 0.722. The molecule has 1 aromatic heterocycles. The van der Waals surface area contributed by atoms with Crippen molar-refractivity contribution in [2.75, 3.05) is 6.54 Å². The van der Waals surface area contributed by atoms with Gasteiger partial charge in [0.25, 0.3) is 0 Å². The lowest BCUT2D eigenvalue weighted by Gasteiger charge is -2.15. The Morgan fingerprint density at radius 3 is 2.57 bits per heavy atom. The highest BCUT2D eigenvalue weighted by molar-refractivity contribution is 7.07. The fraction of sp³-hybridized carbons (Fsp3) is 0.200. The van der Waals surface area contributed by atoms with Crippen LogP contribution < -0.4 is 10.6 Å². The van der Waals surface area contributed by atoms with Crippen molar-refractivity contribution >= 4 is 23.3 Å². The van der Waals surface area contributed by atoms with Crippen molar-refractivity contribution in [2.24, 2.45) is 0 Å². The predicted octanol–water partition coefficient (Wildman–Crippen LogP) is 2.42. The average molecular weight is 304 g/mol. The number of hydrogen-bond donors (Lipinski definition) is 3. The van der Waals surface area contributed by atoms with Gasteiger partial charge < -0.3 is 15.7 Å². The van der Waals surface area contributed by atoms with E-state index in [1.54, 1.807) is 41.7 Å². The van der Waals surface area contributed by atoms with Crippen molar-refractivity contribution < 1.29 is 14.7 Å². The molecule has 5 nitrogen and oxygen atoms in total. The third-order valence-corrected chi connectivity index (χ3v) is 3.67. The number of nitrogens with one attached hydrogen (secondary N) is 2. The molecule has 0 aliphatic rings. The van der Waals surface area contributed by atoms with Crippen LogP contribution in [0.3, 0.4) is 0 Å². The van der Waals surface area contributed by atoms with Gasteiger partial charge in [-0.05, 0) is 34.4 Å². The van der Waals surface area contributed by atoms with Crippen LogP contribution in [0.15, 0.2) is 47.2 Å². The fourth-order valence-electron chi connectivity index (χ4n) is 1.87. The van der Waals surface area contributed by atoms with Crippen molar-refractivity contribution in [1.82, 2.24) is 10.6 Å². The molecule has 0 radical (unpaired) electrons. The molecule has 0 saturated carbocycles. The molecule has 21 heavy (non-hydrogen) atoms. The van der Waals surface area contributed by atoms with Gasteiger partial charge in [-0.1, -0.05) is 30.3 Å². The van der Waals surface area contributed by atoms with Crippen molar-refractivity contribution in [3.8, 4) is 0 Å². The SMILES string of the molecule is O=C(NCCc1ccsc1)N[C@H](C(=O)O)c1ccccc1. The van der Waals surface area contributed by atoms with Crippen molar-refractivity contribution in [3.63, 3.8) is 0 Å². The minimum atomic E-state index is -1.09. The van der Waals surface area contributed by atoms with Crippen molar-refractivity contribution in [1.29, 1.82) is 0 Å². The van der Waals surface area contributed by atoms with Crippen LogP contribution in [0, 0.1) is 0 Å². The van der Waals surface area contributed by atoms with Gasteiger partial charge in [-0.25, -0.2) is 9.59 Å². The summed E-state index contributed by atoms with van der Waals surface area (Å²) in [6.45, 7) is 0.462. The largest absolute Gasteiger partial charge is 0.479 e. The normalized spacial score (nSPS) is 11.6. The van der Waals surface area contributed by atoms with Crippen LogP contribution in [-0.4, -0.2) is 23.7 Å². The van der Waals surface area contributed by atoms with E-state index in [-0.39, 0.29) is 0 Å². The molecule has 0 bridgehead atoms. The van der Waals surface area contributed by atoms with E-state index in [2.05, 4.69) is 10.6 Å². The smallest absolute Gasteiger partial charge is 0.330 e. The Morgan fingerprint density at radius 1 is 1.19 bits per heavy atom. The first-order chi connectivity index (χ1) is 10.2. The van der Waals surface area contributed by atoms with Crippen molar-refractivity contribution in [3.05, 3.63) is 58.3 Å². The number of carboxylic acid groups (broad SMARTS) is 1. The van der Waals surface area contributed by atoms with Crippen LogP contribution in [0.2, 0.25) is 0 Å². The third kappa shape index (κ3) is 4.61. The Labute approximate surface area is 126 Å². The number of benzene rings is 1. The number of carbonyl (C=O) groups is 2. The van der Waals surface area contributed by atoms with Crippen molar-refractivity contribution in [2.45, 2.75) is 12.5 Å². The highest BCUT2D eigenvalue weighted by atomic mass is 32.1. The molecule has 2 rings (SSSR count). The first kappa shape index (κ1) is 15.1. The molecular formula is C15H16N2O3S. The second-order valence-corrected chi connectivity index (χ2v) is 5.24. The summed E-state index contributed by atoms with van der Waals surface area (Å²) in [4.78, 5) is 23.0. The quantitative estimate of drug-likeness (QED) is 0.767. The maximum absolute atomic E-state index is 11.8. The summed E-state index contributed by atoms with van der Waals surface area (Å²) < 4.78 is 0. The first-order valence-electron chi connectivity index (χ1n) is 6.50. The number of hydrogen-bond acceptors (Lipinski definition) is 3. The second-order valence-electron chi connectivity index (χ2n) is 4.46. The van der Waals surface area contributed by atoms with Gasteiger partial charge in [-0.15, -0.1) is 0 Å². The van der Waals surface area contributed by atoms with Gasteiger partial charge in [-0.3, -0.25) is 0 Å². The van der Waals surface area contributed by atoms with E-state index in [1.807, 2.05) is 16.8 Å². The Bertz CT molecular complexity index is 584. The van der Waals surface area contributed by atoms with Gasteiger partial charge in [0, 0.05) is 6.54 Å². The van der Waals surface area contributed by atoms with Crippen LogP contribution in [0.1, 0.15) is 17.2 Å². The maximum Gasteiger partial charge on any atom is 0.330 e. The molecule has 1 heterocycles. The minimum Gasteiger partial charge on any atom is -0.479 e. The molecule has 0 fully saturated rings. The summed E-state index contributed by atoms with van der Waals surface area (Å²) in [5.41, 5.74) is 1.69. The van der Waals surface area contributed by atoms with E-state index in [1.165, 1.54) is 0 Å². The zero-order valence-electron chi connectivity index (χ0n) is 11.3. The number of carboxylic acids is 1. The zero-order chi connectivity index (χ0) is 15.1. The van der Waals surface area contributed by atoms with Gasteiger partial charge in [0.15, 0.2) is 6.04 Å². The monoisotopic (exact) mass is 304 g/mol. The molecule has 2 amide bonds. The predicted molar refractivity (Wildman–Crippen MR) is 81.4 cm³/mol. The molecule has 1 atom stereocenters. The van der Waals surface area contributed by atoms with Gasteiger partial charge >= 0.3 is 12.0 Å². The minimum absolute atomic E-state index is 0.462. The van der Waals surface area contributed by atoms with E-state index < -0.39 is 18.0 Å². The molecular weight excluding hydrogens is 288 g/mol. The average Bonchev–Trinajstić information content (AvgIpc) is 2.98. The van der Waals surface area contributed by atoms with E-state index in [9.17, 15) is 14.7 Å². The number of carbonyl (C=O) groups excluding carboxylic acids is 1. The molecule has 2 aromatic rings. The van der Waals surface area contributed by atoms with Gasteiger partial charge in [0.2, 0.25) is 0 Å². The summed E-state index contributed by atoms with van der Waals surface area (Å²) in [5.74, 6) is -1.09. The van der Waals surface area contributed by atoms with E-state index in [0.717, 1.165) is 12.0 Å². The Balaban J connectivity index is 1.85. The molecule has 0 unspecified atom stereocenters. The van der Waals surface area contributed by atoms with Gasteiger partial charge in [-0.2, -0.15) is 11.3 Å². The topological polar surface area (TPSA) is 78.4 Å². The number of amides is 2. The lowest BCUT2D eigenvalue weighted by Crippen LogP contribution is -2.41. The van der Waals surface area contributed by atoms with Crippen LogP contribution in [-0.2, 0) is 11.2 Å². The highest BCUT2D eigenvalue weighted by Gasteiger charge is 2.21. The summed E-state index contributed by atoms with van der Waals surface area (Å²) in [5, 5.41) is 18.3. The molecule has 110 valence electrons. The first-order valence-corrected chi connectivity index (χ1v) is 7.44. The van der Waals surface area contributed by atoms with E-state index in [0.29, 0.717) is 12.1 Å². The second kappa shape index (κ2) is 7.44. The lowest BCUT2D eigenvalue weighted by molar-refractivity contribution is -0.139. The van der Waals surface area contributed by atoms with Crippen LogP contribution in [0.4, 0.5) is 4.79 Å². The summed E-state index contributed by atoms with van der Waals surface area (Å²) in [7, 11) is 0. The lowest BCUT2D eigenvalue weighted by atomic mass is 10.1. The summed E-state index contributed by atoms with van der Waals surface area (Å²) >= 11 is 1.60. The Hall–Kier alpha value is -2.34. The molecule has 6 heteroatoms. The van der Waals surface area contributed by atoms with Crippen LogP contribution in [0.5, 0.6) is 0 Å². The van der Waals surface area contributed by atoms with Crippen LogP contribution in [0.25, 0.3) is 0 Å². The number of urea groups is 1. The zero-order valence-corrected chi connectivity index (χ0v) is 12.1.